The molecule has 0 saturated carbocycles. The van der Waals surface area contributed by atoms with Gasteiger partial charge in [-0.25, -0.2) is 8.42 Å². The van der Waals surface area contributed by atoms with E-state index in [1.165, 1.54) is 10.4 Å². The second-order valence-corrected chi connectivity index (χ2v) is 8.69. The SMILES string of the molecule is CCCCN(C(=O)c1cc(S(=O)(=O)N2CCCC2)c(C)o1)c1ccccc1. The van der Waals surface area contributed by atoms with Gasteiger partial charge in [0, 0.05) is 31.4 Å². The number of unbranched alkanes of at least 4 members (excludes halogenated alkanes) is 1. The number of carbonyl (C=O) groups is 1. The first kappa shape index (κ1) is 19.6. The average molecular weight is 391 g/mol. The van der Waals surface area contributed by atoms with Gasteiger partial charge in [-0.3, -0.25) is 4.79 Å². The molecule has 0 spiro atoms. The van der Waals surface area contributed by atoms with Crippen molar-refractivity contribution in [1.29, 1.82) is 0 Å². The molecule has 0 atom stereocenters. The fourth-order valence-electron chi connectivity index (χ4n) is 3.30. The third-order valence-corrected chi connectivity index (χ3v) is 6.82. The van der Waals surface area contributed by atoms with E-state index < -0.39 is 10.0 Å². The molecule has 27 heavy (non-hydrogen) atoms. The van der Waals surface area contributed by atoms with Crippen LogP contribution in [0, 0.1) is 6.92 Å². The number of anilines is 1. The highest BCUT2D eigenvalue weighted by Crippen LogP contribution is 2.28. The summed E-state index contributed by atoms with van der Waals surface area (Å²) in [7, 11) is -3.62. The minimum Gasteiger partial charge on any atom is -0.455 e. The Balaban J connectivity index is 1.92. The number of benzene rings is 1. The quantitative estimate of drug-likeness (QED) is 0.721. The normalized spacial score (nSPS) is 15.2. The first-order valence-corrected chi connectivity index (χ1v) is 10.9. The number of furan rings is 1. The van der Waals surface area contributed by atoms with E-state index in [9.17, 15) is 13.2 Å². The van der Waals surface area contributed by atoms with Crippen molar-refractivity contribution in [2.24, 2.45) is 0 Å². The molecule has 3 rings (SSSR count). The van der Waals surface area contributed by atoms with Crippen LogP contribution >= 0.6 is 0 Å². The Morgan fingerprint density at radius 2 is 1.85 bits per heavy atom. The summed E-state index contributed by atoms with van der Waals surface area (Å²) in [5, 5.41) is 0. The lowest BCUT2D eigenvalue weighted by Gasteiger charge is -2.21. The molecule has 0 radical (unpaired) electrons. The Hall–Kier alpha value is -2.12. The van der Waals surface area contributed by atoms with Gasteiger partial charge in [-0.15, -0.1) is 0 Å². The van der Waals surface area contributed by atoms with Gasteiger partial charge in [-0.1, -0.05) is 31.5 Å². The third-order valence-electron chi connectivity index (χ3n) is 4.81. The molecule has 0 bridgehead atoms. The molecule has 1 saturated heterocycles. The maximum atomic E-state index is 13.1. The summed E-state index contributed by atoms with van der Waals surface area (Å²) >= 11 is 0. The predicted molar refractivity (Wildman–Crippen MR) is 104 cm³/mol. The van der Waals surface area contributed by atoms with Crippen molar-refractivity contribution >= 4 is 21.6 Å². The van der Waals surface area contributed by atoms with Gasteiger partial charge in [0.05, 0.1) is 0 Å². The lowest BCUT2D eigenvalue weighted by Crippen LogP contribution is -2.31. The van der Waals surface area contributed by atoms with Crippen molar-refractivity contribution in [3.8, 4) is 0 Å². The highest BCUT2D eigenvalue weighted by molar-refractivity contribution is 7.89. The zero-order chi connectivity index (χ0) is 19.4. The number of hydrogen-bond acceptors (Lipinski definition) is 4. The maximum Gasteiger partial charge on any atom is 0.294 e. The Bertz CT molecular complexity index is 884. The van der Waals surface area contributed by atoms with Crippen LogP contribution in [0.1, 0.15) is 48.9 Å². The van der Waals surface area contributed by atoms with Gasteiger partial charge in [-0.05, 0) is 38.3 Å². The lowest BCUT2D eigenvalue weighted by molar-refractivity contribution is 0.0958. The van der Waals surface area contributed by atoms with Crippen LogP contribution in [0.15, 0.2) is 45.7 Å². The topological polar surface area (TPSA) is 70.8 Å². The summed E-state index contributed by atoms with van der Waals surface area (Å²) in [4.78, 5) is 14.8. The summed E-state index contributed by atoms with van der Waals surface area (Å²) in [5.41, 5.74) is 0.772. The number of para-hydroxylation sites is 1. The van der Waals surface area contributed by atoms with Crippen LogP contribution < -0.4 is 4.90 Å². The van der Waals surface area contributed by atoms with Gasteiger partial charge in [0.15, 0.2) is 5.76 Å². The van der Waals surface area contributed by atoms with Gasteiger partial charge >= 0.3 is 0 Å². The zero-order valence-electron chi connectivity index (χ0n) is 15.8. The van der Waals surface area contributed by atoms with E-state index >= 15 is 0 Å². The van der Waals surface area contributed by atoms with E-state index in [0.29, 0.717) is 19.6 Å². The van der Waals surface area contributed by atoms with Crippen molar-refractivity contribution in [2.75, 3.05) is 24.5 Å². The summed E-state index contributed by atoms with van der Waals surface area (Å²) < 4.78 is 32.8. The molecule has 0 N–H and O–H groups in total. The van der Waals surface area contributed by atoms with E-state index in [0.717, 1.165) is 31.4 Å². The van der Waals surface area contributed by atoms with Gasteiger partial charge in [0.1, 0.15) is 10.7 Å². The van der Waals surface area contributed by atoms with Gasteiger partial charge in [0.25, 0.3) is 5.91 Å². The van der Waals surface area contributed by atoms with Gasteiger partial charge in [-0.2, -0.15) is 4.31 Å². The molecule has 2 aromatic rings. The van der Waals surface area contributed by atoms with Crippen LogP contribution in [0.2, 0.25) is 0 Å². The third kappa shape index (κ3) is 4.09. The van der Waals surface area contributed by atoms with Crippen LogP contribution in [0.4, 0.5) is 5.69 Å². The van der Waals surface area contributed by atoms with Crippen molar-refractivity contribution in [2.45, 2.75) is 44.4 Å². The van der Waals surface area contributed by atoms with E-state index in [1.54, 1.807) is 11.8 Å². The number of sulfonamides is 1. The summed E-state index contributed by atoms with van der Waals surface area (Å²) in [5.74, 6) is -0.000367. The average Bonchev–Trinajstić information content (AvgIpc) is 3.33. The molecular formula is C20H26N2O4S. The lowest BCUT2D eigenvalue weighted by atomic mass is 10.2. The van der Waals surface area contributed by atoms with Crippen LogP contribution in [-0.4, -0.2) is 38.3 Å². The van der Waals surface area contributed by atoms with Crippen LogP contribution in [0.3, 0.4) is 0 Å². The van der Waals surface area contributed by atoms with Crippen molar-refractivity contribution in [3.63, 3.8) is 0 Å². The highest BCUT2D eigenvalue weighted by atomic mass is 32.2. The van der Waals surface area contributed by atoms with Crippen molar-refractivity contribution in [1.82, 2.24) is 4.31 Å². The first-order chi connectivity index (χ1) is 12.9. The molecule has 146 valence electrons. The molecule has 6 nitrogen and oxygen atoms in total. The molecule has 1 aliphatic heterocycles. The Morgan fingerprint density at radius 3 is 2.48 bits per heavy atom. The number of hydrogen-bond donors (Lipinski definition) is 0. The minimum atomic E-state index is -3.62. The molecule has 1 aromatic carbocycles. The first-order valence-electron chi connectivity index (χ1n) is 9.42. The molecule has 0 aliphatic carbocycles. The summed E-state index contributed by atoms with van der Waals surface area (Å²) in [6, 6.07) is 10.8. The second-order valence-electron chi connectivity index (χ2n) is 6.79. The fourth-order valence-corrected chi connectivity index (χ4v) is 4.98. The predicted octanol–water partition coefficient (Wildman–Crippen LogP) is 3.82. The van der Waals surface area contributed by atoms with E-state index in [4.69, 9.17) is 4.42 Å². The molecule has 0 unspecified atom stereocenters. The second kappa shape index (κ2) is 8.27. The molecule has 1 fully saturated rings. The van der Waals surface area contributed by atoms with Gasteiger partial charge < -0.3 is 9.32 Å². The van der Waals surface area contributed by atoms with E-state index in [-0.39, 0.29) is 22.3 Å². The maximum absolute atomic E-state index is 13.1. The smallest absolute Gasteiger partial charge is 0.294 e. The number of rotatable bonds is 7. The van der Waals surface area contributed by atoms with Crippen molar-refractivity contribution < 1.29 is 17.6 Å². The Morgan fingerprint density at radius 1 is 1.19 bits per heavy atom. The monoisotopic (exact) mass is 390 g/mol. The molecule has 1 amide bonds. The van der Waals surface area contributed by atoms with E-state index in [1.807, 2.05) is 30.3 Å². The molecule has 7 heteroatoms. The van der Waals surface area contributed by atoms with Crippen molar-refractivity contribution in [3.05, 3.63) is 47.9 Å². The number of amides is 1. The minimum absolute atomic E-state index is 0.0604. The fraction of sp³-hybridized carbons (Fsp3) is 0.450. The highest BCUT2D eigenvalue weighted by Gasteiger charge is 2.32. The summed E-state index contributed by atoms with van der Waals surface area (Å²) in [6.45, 7) is 5.24. The van der Waals surface area contributed by atoms with Crippen LogP contribution in [0.5, 0.6) is 0 Å². The largest absolute Gasteiger partial charge is 0.455 e. The van der Waals surface area contributed by atoms with Crippen LogP contribution in [-0.2, 0) is 10.0 Å². The zero-order valence-corrected chi connectivity index (χ0v) is 16.7. The van der Waals surface area contributed by atoms with Gasteiger partial charge in [0.2, 0.25) is 10.0 Å². The number of carbonyl (C=O) groups excluding carboxylic acids is 1. The molecule has 1 aliphatic rings. The number of nitrogens with zero attached hydrogens (tertiary/aromatic N) is 2. The standard InChI is InChI=1S/C20H26N2O4S/c1-3-4-14-22(17-10-6-5-7-11-17)20(23)18-15-19(16(2)26-18)27(24,25)21-12-8-9-13-21/h5-7,10-11,15H,3-4,8-9,12-14H2,1-2H3. The van der Waals surface area contributed by atoms with E-state index in [2.05, 4.69) is 6.92 Å². The Kier molecular flexibility index (Phi) is 6.01. The molecular weight excluding hydrogens is 364 g/mol. The Labute approximate surface area is 160 Å². The summed E-state index contributed by atoms with van der Waals surface area (Å²) in [6.07, 6.45) is 3.52. The molecule has 1 aromatic heterocycles. The molecule has 2 heterocycles. The van der Waals surface area contributed by atoms with Crippen LogP contribution in [0.25, 0.3) is 0 Å². The number of aryl methyl sites for hydroxylation is 1.